The van der Waals surface area contributed by atoms with E-state index in [4.69, 9.17) is 5.41 Å². The summed E-state index contributed by atoms with van der Waals surface area (Å²) in [5, 5.41) is 8.16. The molecule has 0 radical (unpaired) electrons. The van der Waals surface area contributed by atoms with Gasteiger partial charge in [-0.25, -0.2) is 0 Å². The standard InChI is InChI=1S/C2H2N2S/c3-1-4-2-5/h1,3H. The lowest BCUT2D eigenvalue weighted by Crippen LogP contribution is -1.48. The highest BCUT2D eigenvalue weighted by Gasteiger charge is 1.38. The number of nitrogens with zero attached hydrogens (tertiary/aromatic N) is 1. The van der Waals surface area contributed by atoms with E-state index in [1.807, 2.05) is 5.16 Å². The second-order valence-electron chi connectivity index (χ2n) is 0.349. The third kappa shape index (κ3) is 3.47. The molecule has 0 spiro atoms. The topological polar surface area (TPSA) is 36.2 Å². The first kappa shape index (κ1) is 4.47. The summed E-state index contributed by atoms with van der Waals surface area (Å²) in [6.07, 6.45) is 0.840. The molecule has 0 saturated carbocycles. The van der Waals surface area contributed by atoms with Gasteiger partial charge in [-0.15, -0.1) is 0 Å². The van der Waals surface area contributed by atoms with Gasteiger partial charge in [0.1, 0.15) is 6.34 Å². The van der Waals surface area contributed by atoms with E-state index < -0.39 is 0 Å². The molecule has 2 nitrogen and oxygen atoms in total. The summed E-state index contributed by atoms with van der Waals surface area (Å²) in [6.45, 7) is 0. The molecule has 26 valence electrons. The van der Waals surface area contributed by atoms with E-state index in [2.05, 4.69) is 17.2 Å². The quantitative estimate of drug-likeness (QED) is 0.284. The van der Waals surface area contributed by atoms with Crippen LogP contribution in [0.25, 0.3) is 0 Å². The highest BCUT2D eigenvalue weighted by atomic mass is 32.1. The van der Waals surface area contributed by atoms with Crippen LogP contribution in [0, 0.1) is 5.41 Å². The molecule has 0 aliphatic heterocycles. The van der Waals surface area contributed by atoms with E-state index in [1.54, 1.807) is 0 Å². The smallest absolute Gasteiger partial charge is 0.118 e. The minimum absolute atomic E-state index is 0.840. The van der Waals surface area contributed by atoms with Gasteiger partial charge in [-0.3, -0.25) is 5.41 Å². The molecule has 0 rings (SSSR count). The first-order valence-corrected chi connectivity index (χ1v) is 1.38. The van der Waals surface area contributed by atoms with Gasteiger partial charge in [-0.1, -0.05) is 0 Å². The van der Waals surface area contributed by atoms with Crippen molar-refractivity contribution in [2.24, 2.45) is 4.99 Å². The predicted molar refractivity (Wildman–Crippen MR) is 23.8 cm³/mol. The van der Waals surface area contributed by atoms with Crippen LogP contribution in [0.2, 0.25) is 0 Å². The van der Waals surface area contributed by atoms with Gasteiger partial charge in [0.2, 0.25) is 0 Å². The fourth-order valence-electron chi connectivity index (χ4n) is 0.0264. The SMILES string of the molecule is N=CN=C=S. The molecule has 3 heteroatoms. The highest BCUT2D eigenvalue weighted by molar-refractivity contribution is 7.78. The van der Waals surface area contributed by atoms with Gasteiger partial charge in [0, 0.05) is 0 Å². The van der Waals surface area contributed by atoms with Crippen molar-refractivity contribution in [2.45, 2.75) is 0 Å². The minimum atomic E-state index is 0.840. The number of thiocarbonyl (C=S) groups is 1. The number of nitrogens with one attached hydrogen (secondary N) is 1. The van der Waals surface area contributed by atoms with Crippen LogP contribution in [-0.2, 0) is 0 Å². The molecule has 0 atom stereocenters. The van der Waals surface area contributed by atoms with Crippen LogP contribution in [0.5, 0.6) is 0 Å². The van der Waals surface area contributed by atoms with Gasteiger partial charge in [0.15, 0.2) is 0 Å². The molecule has 0 aliphatic rings. The summed E-state index contributed by atoms with van der Waals surface area (Å²) >= 11 is 4.08. The third-order valence-corrected chi connectivity index (χ3v) is 0.223. The lowest BCUT2D eigenvalue weighted by molar-refractivity contribution is 1.53. The Morgan fingerprint density at radius 3 is 2.60 bits per heavy atom. The Kier molecular flexibility index (Phi) is 3.10. The monoisotopic (exact) mass is 86.0 g/mol. The Morgan fingerprint density at radius 1 is 2.00 bits per heavy atom. The van der Waals surface area contributed by atoms with E-state index in [-0.39, 0.29) is 0 Å². The number of hydrogen-bond donors (Lipinski definition) is 1. The summed E-state index contributed by atoms with van der Waals surface area (Å²) in [5.74, 6) is 0. The van der Waals surface area contributed by atoms with Gasteiger partial charge >= 0.3 is 0 Å². The lowest BCUT2D eigenvalue weighted by Gasteiger charge is -1.47. The summed E-state index contributed by atoms with van der Waals surface area (Å²) in [6, 6.07) is 0. The van der Waals surface area contributed by atoms with Gasteiger partial charge in [0.05, 0.1) is 5.16 Å². The molecule has 1 N–H and O–H groups in total. The molecule has 0 amide bonds. The maximum atomic E-state index is 6.18. The van der Waals surface area contributed by atoms with E-state index in [9.17, 15) is 0 Å². The van der Waals surface area contributed by atoms with Crippen molar-refractivity contribution >= 4 is 23.7 Å². The fourth-order valence-corrected chi connectivity index (χ4v) is 0.0791. The molecule has 0 fully saturated rings. The fraction of sp³-hybridized carbons (Fsp3) is 0. The van der Waals surface area contributed by atoms with E-state index in [0.29, 0.717) is 0 Å². The molecular weight excluding hydrogens is 84.1 g/mol. The van der Waals surface area contributed by atoms with Crippen molar-refractivity contribution in [1.29, 1.82) is 5.41 Å². The second-order valence-corrected chi connectivity index (χ2v) is 0.532. The van der Waals surface area contributed by atoms with E-state index in [0.717, 1.165) is 6.34 Å². The minimum Gasteiger partial charge on any atom is -0.289 e. The normalized spacial score (nSPS) is 4.80. The van der Waals surface area contributed by atoms with Gasteiger partial charge in [0.25, 0.3) is 0 Å². The van der Waals surface area contributed by atoms with Crippen LogP contribution in [0.15, 0.2) is 4.99 Å². The van der Waals surface area contributed by atoms with E-state index in [1.165, 1.54) is 0 Å². The molecule has 0 aromatic rings. The Labute approximate surface area is 35.0 Å². The van der Waals surface area contributed by atoms with Crippen LogP contribution in [0.4, 0.5) is 0 Å². The molecule has 5 heavy (non-hydrogen) atoms. The van der Waals surface area contributed by atoms with Crippen molar-refractivity contribution in [3.8, 4) is 0 Å². The van der Waals surface area contributed by atoms with Crippen LogP contribution in [0.3, 0.4) is 0 Å². The molecule has 0 unspecified atom stereocenters. The zero-order chi connectivity index (χ0) is 4.12. The zero-order valence-corrected chi connectivity index (χ0v) is 3.25. The molecule has 0 aliphatic carbocycles. The average Bonchev–Trinajstić information content (AvgIpc) is 1.41. The lowest BCUT2D eigenvalue weighted by atomic mass is 11.3. The molecular formula is C2H2N2S. The average molecular weight is 86.1 g/mol. The Morgan fingerprint density at radius 2 is 2.60 bits per heavy atom. The molecule has 0 aromatic carbocycles. The van der Waals surface area contributed by atoms with Crippen molar-refractivity contribution < 1.29 is 0 Å². The molecule has 0 aromatic heterocycles. The predicted octanol–water partition coefficient (Wildman–Crippen LogP) is 0.696. The summed E-state index contributed by atoms with van der Waals surface area (Å²) < 4.78 is 0. The zero-order valence-electron chi connectivity index (χ0n) is 2.43. The van der Waals surface area contributed by atoms with Crippen molar-refractivity contribution in [3.05, 3.63) is 0 Å². The third-order valence-electron chi connectivity index (χ3n) is 0.117. The summed E-state index contributed by atoms with van der Waals surface area (Å²) in [7, 11) is 0. The van der Waals surface area contributed by atoms with Crippen LogP contribution in [0.1, 0.15) is 0 Å². The van der Waals surface area contributed by atoms with Crippen molar-refractivity contribution in [2.75, 3.05) is 0 Å². The van der Waals surface area contributed by atoms with E-state index >= 15 is 0 Å². The Balaban J connectivity index is 3.31. The van der Waals surface area contributed by atoms with Gasteiger partial charge in [-0.05, 0) is 12.2 Å². The molecule has 0 saturated heterocycles. The molecule has 0 heterocycles. The largest absolute Gasteiger partial charge is 0.289 e. The number of rotatable bonds is 1. The number of isothiocyanates is 1. The first-order valence-electron chi connectivity index (χ1n) is 0.975. The van der Waals surface area contributed by atoms with Gasteiger partial charge < -0.3 is 0 Å². The van der Waals surface area contributed by atoms with Crippen LogP contribution in [-0.4, -0.2) is 11.5 Å². The van der Waals surface area contributed by atoms with Gasteiger partial charge in [-0.2, -0.15) is 4.99 Å². The Bertz CT molecular complexity index is 71.7. The Hall–Kier alpha value is -0.530. The second kappa shape index (κ2) is 3.47. The number of hydrogen-bond acceptors (Lipinski definition) is 2. The molecule has 0 bridgehead atoms. The number of aliphatic imine (C=N–C) groups is 1. The summed E-state index contributed by atoms with van der Waals surface area (Å²) in [5.41, 5.74) is 0. The van der Waals surface area contributed by atoms with Crippen LogP contribution < -0.4 is 0 Å². The maximum absolute atomic E-state index is 6.18. The maximum Gasteiger partial charge on any atom is 0.118 e. The summed E-state index contributed by atoms with van der Waals surface area (Å²) in [4.78, 5) is 3.08. The van der Waals surface area contributed by atoms with Crippen LogP contribution >= 0.6 is 12.2 Å². The van der Waals surface area contributed by atoms with Crippen molar-refractivity contribution in [3.63, 3.8) is 0 Å². The highest BCUT2D eigenvalue weighted by Crippen LogP contribution is 1.42. The van der Waals surface area contributed by atoms with Crippen molar-refractivity contribution in [1.82, 2.24) is 0 Å². The first-order chi connectivity index (χ1) is 2.41.